The van der Waals surface area contributed by atoms with Crippen molar-refractivity contribution in [3.63, 3.8) is 0 Å². The molecule has 1 N–H and O–H groups in total. The van der Waals surface area contributed by atoms with E-state index in [1.165, 1.54) is 16.8 Å². The molecular weight excluding hydrogens is 262 g/mol. The molecule has 0 aliphatic heterocycles. The van der Waals surface area contributed by atoms with Crippen molar-refractivity contribution in [1.29, 1.82) is 0 Å². The number of hydrogen-bond acceptors (Lipinski definition) is 7. The zero-order chi connectivity index (χ0) is 13.9. The highest BCUT2D eigenvalue weighted by Gasteiger charge is 2.06. The van der Waals surface area contributed by atoms with E-state index < -0.39 is 4.92 Å². The minimum absolute atomic E-state index is 0.0631. The van der Waals surface area contributed by atoms with E-state index in [2.05, 4.69) is 25.9 Å². The lowest BCUT2D eigenvalue weighted by Gasteiger charge is -2.05. The van der Waals surface area contributed by atoms with Gasteiger partial charge in [-0.15, -0.1) is 14.8 Å². The number of nitrogens with one attached hydrogen (secondary N) is 1. The van der Waals surface area contributed by atoms with Crippen LogP contribution < -0.4 is 5.32 Å². The van der Waals surface area contributed by atoms with E-state index in [9.17, 15) is 10.1 Å². The standard InChI is InChI=1S/C11H9N7O2/c19-18(20)9-3-1-2-8(6-9)7-12-10-4-5-11-13-15-16-17(11)14-10/h1-6H,7H2,(H,12,14). The van der Waals surface area contributed by atoms with E-state index in [1.54, 1.807) is 24.3 Å². The number of nitro benzene ring substituents is 1. The molecule has 3 aromatic rings. The van der Waals surface area contributed by atoms with Gasteiger partial charge in [0.1, 0.15) is 5.82 Å². The Morgan fingerprint density at radius 1 is 1.30 bits per heavy atom. The molecule has 0 bridgehead atoms. The average Bonchev–Trinajstić information content (AvgIpc) is 2.93. The van der Waals surface area contributed by atoms with E-state index in [1.807, 2.05) is 0 Å². The van der Waals surface area contributed by atoms with Crippen LogP contribution >= 0.6 is 0 Å². The zero-order valence-electron chi connectivity index (χ0n) is 10.2. The summed E-state index contributed by atoms with van der Waals surface area (Å²) >= 11 is 0. The minimum Gasteiger partial charge on any atom is -0.364 e. The van der Waals surface area contributed by atoms with E-state index in [-0.39, 0.29) is 5.69 Å². The summed E-state index contributed by atoms with van der Waals surface area (Å²) in [5.74, 6) is 0.580. The third-order valence-electron chi connectivity index (χ3n) is 2.66. The van der Waals surface area contributed by atoms with Crippen molar-refractivity contribution in [3.8, 4) is 0 Å². The van der Waals surface area contributed by atoms with Crippen molar-refractivity contribution in [2.45, 2.75) is 6.54 Å². The molecule has 2 aromatic heterocycles. The molecule has 0 saturated carbocycles. The third-order valence-corrected chi connectivity index (χ3v) is 2.66. The van der Waals surface area contributed by atoms with Crippen molar-refractivity contribution in [2.75, 3.05) is 5.32 Å². The van der Waals surface area contributed by atoms with Gasteiger partial charge in [0.25, 0.3) is 5.69 Å². The molecule has 0 aliphatic carbocycles. The molecule has 0 spiro atoms. The Bertz CT molecular complexity index is 770. The van der Waals surface area contributed by atoms with Crippen LogP contribution in [0.2, 0.25) is 0 Å². The summed E-state index contributed by atoms with van der Waals surface area (Å²) in [5.41, 5.74) is 1.40. The monoisotopic (exact) mass is 271 g/mol. The van der Waals surface area contributed by atoms with Crippen molar-refractivity contribution >= 4 is 17.2 Å². The number of aromatic nitrogens is 5. The predicted octanol–water partition coefficient (Wildman–Crippen LogP) is 1.04. The molecule has 100 valence electrons. The molecule has 20 heavy (non-hydrogen) atoms. The van der Waals surface area contributed by atoms with Gasteiger partial charge in [0.05, 0.1) is 4.92 Å². The summed E-state index contributed by atoms with van der Waals surface area (Å²) in [4.78, 5) is 10.3. The van der Waals surface area contributed by atoms with E-state index in [4.69, 9.17) is 0 Å². The largest absolute Gasteiger partial charge is 0.364 e. The lowest BCUT2D eigenvalue weighted by Crippen LogP contribution is -2.05. The maximum absolute atomic E-state index is 10.7. The second-order valence-corrected chi connectivity index (χ2v) is 4.03. The Morgan fingerprint density at radius 2 is 2.20 bits per heavy atom. The minimum atomic E-state index is -0.422. The summed E-state index contributed by atoms with van der Waals surface area (Å²) in [6.45, 7) is 0.419. The van der Waals surface area contributed by atoms with Gasteiger partial charge in [-0.1, -0.05) is 12.1 Å². The summed E-state index contributed by atoms with van der Waals surface area (Å²) in [5, 5.41) is 28.8. The van der Waals surface area contributed by atoms with Crippen molar-refractivity contribution in [3.05, 3.63) is 52.1 Å². The number of fused-ring (bicyclic) bond motifs is 1. The number of tetrazole rings is 1. The SMILES string of the molecule is O=[N+]([O-])c1cccc(CNc2ccc3nnnn3n2)c1. The number of benzene rings is 1. The fourth-order valence-electron chi connectivity index (χ4n) is 1.72. The smallest absolute Gasteiger partial charge is 0.269 e. The summed E-state index contributed by atoms with van der Waals surface area (Å²) in [7, 11) is 0. The molecule has 0 unspecified atom stereocenters. The van der Waals surface area contributed by atoms with Crippen LogP contribution in [0.5, 0.6) is 0 Å². The number of anilines is 1. The number of non-ortho nitro benzene ring substituents is 1. The quantitative estimate of drug-likeness (QED) is 0.557. The molecule has 3 rings (SSSR count). The van der Waals surface area contributed by atoms with Gasteiger partial charge in [0.2, 0.25) is 0 Å². The van der Waals surface area contributed by atoms with Crippen LogP contribution in [-0.2, 0) is 6.54 Å². The number of rotatable bonds is 4. The second kappa shape index (κ2) is 4.88. The van der Waals surface area contributed by atoms with Crippen LogP contribution in [-0.4, -0.2) is 30.2 Å². The van der Waals surface area contributed by atoms with Gasteiger partial charge < -0.3 is 5.32 Å². The van der Waals surface area contributed by atoms with Gasteiger partial charge in [-0.2, -0.15) is 0 Å². The first-order chi connectivity index (χ1) is 9.72. The van der Waals surface area contributed by atoms with Gasteiger partial charge in [-0.25, -0.2) is 0 Å². The maximum Gasteiger partial charge on any atom is 0.269 e. The number of nitro groups is 1. The van der Waals surface area contributed by atoms with Crippen LogP contribution in [0.3, 0.4) is 0 Å². The maximum atomic E-state index is 10.7. The third kappa shape index (κ3) is 2.36. The van der Waals surface area contributed by atoms with Gasteiger partial charge in [-0.3, -0.25) is 10.1 Å². The summed E-state index contributed by atoms with van der Waals surface area (Å²) in [6, 6.07) is 9.88. The molecule has 0 atom stereocenters. The highest BCUT2D eigenvalue weighted by atomic mass is 16.6. The Morgan fingerprint density at radius 3 is 3.05 bits per heavy atom. The van der Waals surface area contributed by atoms with Crippen LogP contribution in [0.4, 0.5) is 11.5 Å². The first kappa shape index (κ1) is 12.0. The van der Waals surface area contributed by atoms with Crippen LogP contribution in [0.25, 0.3) is 5.65 Å². The number of nitrogens with zero attached hydrogens (tertiary/aromatic N) is 6. The van der Waals surface area contributed by atoms with E-state index >= 15 is 0 Å². The topological polar surface area (TPSA) is 111 Å². The van der Waals surface area contributed by atoms with Gasteiger partial charge in [-0.05, 0) is 28.1 Å². The van der Waals surface area contributed by atoms with Crippen LogP contribution in [0, 0.1) is 10.1 Å². The number of hydrogen-bond donors (Lipinski definition) is 1. The predicted molar refractivity (Wildman–Crippen MR) is 69.0 cm³/mol. The highest BCUT2D eigenvalue weighted by Crippen LogP contribution is 2.14. The molecule has 9 heteroatoms. The Labute approximate surface area is 112 Å². The molecule has 0 radical (unpaired) electrons. The van der Waals surface area contributed by atoms with Crippen molar-refractivity contribution in [2.24, 2.45) is 0 Å². The van der Waals surface area contributed by atoms with Gasteiger partial charge in [0, 0.05) is 18.7 Å². The second-order valence-electron chi connectivity index (χ2n) is 4.03. The Balaban J connectivity index is 1.75. The van der Waals surface area contributed by atoms with E-state index in [0.717, 1.165) is 5.56 Å². The van der Waals surface area contributed by atoms with E-state index in [0.29, 0.717) is 18.0 Å². The van der Waals surface area contributed by atoms with Crippen LogP contribution in [0.1, 0.15) is 5.56 Å². The molecule has 0 fully saturated rings. The summed E-state index contributed by atoms with van der Waals surface area (Å²) < 4.78 is 1.30. The lowest BCUT2D eigenvalue weighted by molar-refractivity contribution is -0.384. The molecule has 0 saturated heterocycles. The molecule has 1 aromatic carbocycles. The first-order valence-electron chi connectivity index (χ1n) is 5.75. The molecule has 0 amide bonds. The molecule has 2 heterocycles. The van der Waals surface area contributed by atoms with Gasteiger partial charge >= 0.3 is 0 Å². The van der Waals surface area contributed by atoms with Gasteiger partial charge in [0.15, 0.2) is 5.65 Å². The Hall–Kier alpha value is -3.10. The zero-order valence-corrected chi connectivity index (χ0v) is 10.2. The fraction of sp³-hybridized carbons (Fsp3) is 0.0909. The molecule has 0 aliphatic rings. The van der Waals surface area contributed by atoms with Crippen molar-refractivity contribution < 1.29 is 4.92 Å². The highest BCUT2D eigenvalue weighted by molar-refractivity contribution is 5.43. The normalized spacial score (nSPS) is 10.6. The fourth-order valence-corrected chi connectivity index (χ4v) is 1.72. The Kier molecular flexibility index (Phi) is 2.92. The van der Waals surface area contributed by atoms with Crippen molar-refractivity contribution in [1.82, 2.24) is 25.3 Å². The lowest BCUT2D eigenvalue weighted by atomic mass is 10.2. The summed E-state index contributed by atoms with van der Waals surface area (Å²) in [6.07, 6.45) is 0. The average molecular weight is 271 g/mol. The molecular formula is C11H9N7O2. The molecule has 9 nitrogen and oxygen atoms in total. The first-order valence-corrected chi connectivity index (χ1v) is 5.75. The van der Waals surface area contributed by atoms with Crippen LogP contribution in [0.15, 0.2) is 36.4 Å².